The number of primary sulfonamides is 1. The van der Waals surface area contributed by atoms with Gasteiger partial charge in [-0.3, -0.25) is 4.98 Å². The Bertz CT molecular complexity index is 759. The van der Waals surface area contributed by atoms with E-state index in [0.717, 1.165) is 17.1 Å². The zero-order chi connectivity index (χ0) is 15.6. The van der Waals surface area contributed by atoms with Crippen LogP contribution in [-0.2, 0) is 16.6 Å². The average Bonchev–Trinajstić information content (AvgIpc) is 2.37. The van der Waals surface area contributed by atoms with Crippen molar-refractivity contribution in [3.05, 3.63) is 47.8 Å². The molecule has 0 bridgehead atoms. The highest BCUT2D eigenvalue weighted by Gasteiger charge is 2.12. The lowest BCUT2D eigenvalue weighted by Crippen LogP contribution is -2.19. The number of anilines is 2. The number of pyridine rings is 1. The summed E-state index contributed by atoms with van der Waals surface area (Å²) in [6, 6.07) is 10.3. The van der Waals surface area contributed by atoms with Gasteiger partial charge in [0.25, 0.3) is 0 Å². The molecule has 0 aliphatic carbocycles. The van der Waals surface area contributed by atoms with Crippen molar-refractivity contribution >= 4 is 21.4 Å². The van der Waals surface area contributed by atoms with Gasteiger partial charge < -0.3 is 10.6 Å². The number of hydrogen-bond donors (Lipinski definition) is 2. The summed E-state index contributed by atoms with van der Waals surface area (Å²) in [7, 11) is -1.88. The monoisotopic (exact) mass is 306 g/mol. The van der Waals surface area contributed by atoms with Crippen molar-refractivity contribution in [1.82, 2.24) is 4.98 Å². The topological polar surface area (TPSA) is 102 Å². The lowest BCUT2D eigenvalue weighted by molar-refractivity contribution is 0.598. The Kier molecular flexibility index (Phi) is 4.15. The molecule has 0 aliphatic heterocycles. The number of nitrogen functional groups attached to an aromatic ring is 1. The molecule has 7 heteroatoms. The summed E-state index contributed by atoms with van der Waals surface area (Å²) in [5.74, 6) is 0. The van der Waals surface area contributed by atoms with Gasteiger partial charge in [0.15, 0.2) is 0 Å². The van der Waals surface area contributed by atoms with Gasteiger partial charge in [-0.05, 0) is 37.3 Å². The Labute approximate surface area is 124 Å². The smallest absolute Gasteiger partial charge is 0.238 e. The molecule has 0 saturated carbocycles. The van der Waals surface area contributed by atoms with Gasteiger partial charge in [-0.1, -0.05) is 6.07 Å². The van der Waals surface area contributed by atoms with E-state index in [1.165, 1.54) is 12.1 Å². The standard InChI is InChI=1S/C14H18N4O2S/c1-10-4-3-5-11(17-10)9-18(2)14-7-6-12(8-13(14)15)21(16,19)20/h3-8H,9,15H2,1-2H3,(H2,16,19,20). The molecular formula is C14H18N4O2S. The highest BCUT2D eigenvalue weighted by molar-refractivity contribution is 7.89. The molecule has 1 aromatic carbocycles. The van der Waals surface area contributed by atoms with Crippen molar-refractivity contribution in [3.63, 3.8) is 0 Å². The first-order valence-electron chi connectivity index (χ1n) is 6.33. The van der Waals surface area contributed by atoms with Crippen LogP contribution in [-0.4, -0.2) is 20.4 Å². The van der Waals surface area contributed by atoms with Crippen LogP contribution in [0.1, 0.15) is 11.4 Å². The fourth-order valence-electron chi connectivity index (χ4n) is 2.07. The molecule has 112 valence electrons. The highest BCUT2D eigenvalue weighted by atomic mass is 32.2. The number of hydrogen-bond acceptors (Lipinski definition) is 5. The first-order valence-corrected chi connectivity index (χ1v) is 7.88. The minimum atomic E-state index is -3.74. The van der Waals surface area contributed by atoms with Gasteiger partial charge in [0.2, 0.25) is 10.0 Å². The van der Waals surface area contributed by atoms with Crippen molar-refractivity contribution in [2.24, 2.45) is 5.14 Å². The summed E-state index contributed by atoms with van der Waals surface area (Å²) in [6.45, 7) is 2.50. The fourth-order valence-corrected chi connectivity index (χ4v) is 2.62. The molecule has 0 amide bonds. The van der Waals surface area contributed by atoms with Crippen LogP contribution in [0.15, 0.2) is 41.3 Å². The number of nitrogens with zero attached hydrogens (tertiary/aromatic N) is 2. The van der Waals surface area contributed by atoms with Gasteiger partial charge in [0, 0.05) is 12.7 Å². The third-order valence-corrected chi connectivity index (χ3v) is 3.99. The summed E-state index contributed by atoms with van der Waals surface area (Å²) >= 11 is 0. The molecule has 4 N–H and O–H groups in total. The van der Waals surface area contributed by atoms with Crippen molar-refractivity contribution < 1.29 is 8.42 Å². The van der Waals surface area contributed by atoms with Crippen molar-refractivity contribution in [3.8, 4) is 0 Å². The van der Waals surface area contributed by atoms with Gasteiger partial charge in [-0.25, -0.2) is 13.6 Å². The molecule has 21 heavy (non-hydrogen) atoms. The molecule has 0 spiro atoms. The Morgan fingerprint density at radius 2 is 1.95 bits per heavy atom. The van der Waals surface area contributed by atoms with E-state index < -0.39 is 10.0 Å². The normalized spacial score (nSPS) is 11.4. The second-order valence-corrected chi connectivity index (χ2v) is 6.45. The van der Waals surface area contributed by atoms with Crippen LogP contribution < -0.4 is 15.8 Å². The molecule has 0 saturated heterocycles. The minimum Gasteiger partial charge on any atom is -0.397 e. The van der Waals surface area contributed by atoms with E-state index in [0.29, 0.717) is 12.2 Å². The maximum Gasteiger partial charge on any atom is 0.238 e. The predicted molar refractivity (Wildman–Crippen MR) is 83.3 cm³/mol. The second-order valence-electron chi connectivity index (χ2n) is 4.89. The van der Waals surface area contributed by atoms with Gasteiger partial charge in [-0.15, -0.1) is 0 Å². The van der Waals surface area contributed by atoms with Crippen molar-refractivity contribution in [1.29, 1.82) is 0 Å². The summed E-state index contributed by atoms with van der Waals surface area (Å²) < 4.78 is 22.6. The van der Waals surface area contributed by atoms with Gasteiger partial charge in [0.05, 0.1) is 28.5 Å². The molecule has 1 heterocycles. The van der Waals surface area contributed by atoms with E-state index in [4.69, 9.17) is 10.9 Å². The third-order valence-electron chi connectivity index (χ3n) is 3.08. The van der Waals surface area contributed by atoms with Crippen LogP contribution in [0.2, 0.25) is 0 Å². The second kappa shape index (κ2) is 5.71. The number of nitrogens with two attached hydrogens (primary N) is 2. The van der Waals surface area contributed by atoms with Gasteiger partial charge >= 0.3 is 0 Å². The van der Waals surface area contributed by atoms with E-state index in [2.05, 4.69) is 4.98 Å². The number of benzene rings is 1. The van der Waals surface area contributed by atoms with Crippen LogP contribution >= 0.6 is 0 Å². The quantitative estimate of drug-likeness (QED) is 0.828. The molecule has 2 rings (SSSR count). The summed E-state index contributed by atoms with van der Waals surface area (Å²) in [5, 5.41) is 5.09. The number of aryl methyl sites for hydroxylation is 1. The summed E-state index contributed by atoms with van der Waals surface area (Å²) in [5.41, 5.74) is 8.86. The average molecular weight is 306 g/mol. The Hall–Kier alpha value is -2.12. The molecule has 0 aliphatic rings. The van der Waals surface area contributed by atoms with E-state index in [9.17, 15) is 8.42 Å². The van der Waals surface area contributed by atoms with E-state index in [1.54, 1.807) is 6.07 Å². The molecule has 6 nitrogen and oxygen atoms in total. The van der Waals surface area contributed by atoms with Crippen molar-refractivity contribution in [2.75, 3.05) is 17.7 Å². The largest absolute Gasteiger partial charge is 0.397 e. The number of sulfonamides is 1. The molecule has 0 fully saturated rings. The maximum atomic E-state index is 11.3. The predicted octanol–water partition coefficient (Wildman–Crippen LogP) is 1.26. The van der Waals surface area contributed by atoms with Crippen LogP contribution in [0.5, 0.6) is 0 Å². The van der Waals surface area contributed by atoms with E-state index in [-0.39, 0.29) is 4.90 Å². The first-order chi connectivity index (χ1) is 9.77. The Morgan fingerprint density at radius 3 is 2.52 bits per heavy atom. The maximum absolute atomic E-state index is 11.3. The lowest BCUT2D eigenvalue weighted by atomic mass is 10.2. The molecule has 0 unspecified atom stereocenters. The number of aromatic nitrogens is 1. The highest BCUT2D eigenvalue weighted by Crippen LogP contribution is 2.26. The molecule has 2 aromatic rings. The molecule has 1 aromatic heterocycles. The van der Waals surface area contributed by atoms with Crippen LogP contribution in [0.3, 0.4) is 0 Å². The Balaban J connectivity index is 2.26. The summed E-state index contributed by atoms with van der Waals surface area (Å²) in [4.78, 5) is 6.34. The number of rotatable bonds is 4. The van der Waals surface area contributed by atoms with Crippen molar-refractivity contribution in [2.45, 2.75) is 18.4 Å². The van der Waals surface area contributed by atoms with Crippen LogP contribution in [0.4, 0.5) is 11.4 Å². The first kappa shape index (κ1) is 15.3. The molecule has 0 atom stereocenters. The third kappa shape index (κ3) is 3.71. The molecule has 0 radical (unpaired) electrons. The van der Waals surface area contributed by atoms with E-state index >= 15 is 0 Å². The molecular weight excluding hydrogens is 288 g/mol. The Morgan fingerprint density at radius 1 is 1.24 bits per heavy atom. The van der Waals surface area contributed by atoms with Crippen LogP contribution in [0.25, 0.3) is 0 Å². The van der Waals surface area contributed by atoms with Gasteiger partial charge in [0.1, 0.15) is 0 Å². The fraction of sp³-hybridized carbons (Fsp3) is 0.214. The lowest BCUT2D eigenvalue weighted by Gasteiger charge is -2.21. The zero-order valence-electron chi connectivity index (χ0n) is 11.9. The van der Waals surface area contributed by atoms with E-state index in [1.807, 2.05) is 37.1 Å². The van der Waals surface area contributed by atoms with Gasteiger partial charge in [-0.2, -0.15) is 0 Å². The minimum absolute atomic E-state index is 0.00540. The SMILES string of the molecule is Cc1cccc(CN(C)c2ccc(S(N)(=O)=O)cc2N)n1. The zero-order valence-corrected chi connectivity index (χ0v) is 12.8. The summed E-state index contributed by atoms with van der Waals surface area (Å²) in [6.07, 6.45) is 0. The van der Waals surface area contributed by atoms with Crippen LogP contribution in [0, 0.1) is 6.92 Å².